The lowest BCUT2D eigenvalue weighted by molar-refractivity contribution is -0.0449. The fourth-order valence-electron chi connectivity index (χ4n) is 7.33. The van der Waals surface area contributed by atoms with E-state index in [2.05, 4.69) is 20.5 Å². The topological polar surface area (TPSA) is 87.2 Å². The minimum Gasteiger partial charge on any atom is -0.357 e. The Bertz CT molecular complexity index is 1050. The first-order chi connectivity index (χ1) is 16.0. The van der Waals surface area contributed by atoms with E-state index in [4.69, 9.17) is 4.98 Å². The van der Waals surface area contributed by atoms with Crippen molar-refractivity contribution in [2.45, 2.75) is 62.4 Å². The number of rotatable bonds is 5. The van der Waals surface area contributed by atoms with Crippen molar-refractivity contribution < 1.29 is 9.59 Å². The number of hydrogen-bond acceptors (Lipinski definition) is 5. The maximum atomic E-state index is 13.4. The first kappa shape index (κ1) is 20.6. The number of hydrogen-bond donors (Lipinski definition) is 2. The average molecular weight is 446 g/mol. The fraction of sp³-hybridized carbons (Fsp3) is 0.538. The molecule has 5 fully saturated rings. The van der Waals surface area contributed by atoms with Crippen LogP contribution in [0.1, 0.15) is 72.3 Å². The Balaban J connectivity index is 1.21. The largest absolute Gasteiger partial charge is 0.357 e. The summed E-state index contributed by atoms with van der Waals surface area (Å²) in [5, 5.41) is 6.76. The zero-order chi connectivity index (χ0) is 22.5. The summed E-state index contributed by atoms with van der Waals surface area (Å²) in [5.41, 5.74) is 0.400. The molecule has 0 aromatic carbocycles. The summed E-state index contributed by atoms with van der Waals surface area (Å²) in [7, 11) is 0. The highest BCUT2D eigenvalue weighted by atomic mass is 16.2. The molecular weight excluding hydrogens is 414 g/mol. The van der Waals surface area contributed by atoms with E-state index in [0.717, 1.165) is 51.0 Å². The van der Waals surface area contributed by atoms with Crippen LogP contribution in [0.25, 0.3) is 0 Å². The van der Waals surface area contributed by atoms with Crippen LogP contribution in [-0.2, 0) is 0 Å². The van der Waals surface area contributed by atoms with Crippen LogP contribution in [0.5, 0.6) is 0 Å². The third-order valence-corrected chi connectivity index (χ3v) is 8.11. The van der Waals surface area contributed by atoms with Gasteiger partial charge in [0.15, 0.2) is 0 Å². The summed E-state index contributed by atoms with van der Waals surface area (Å²) in [6.45, 7) is 2.01. The number of amides is 2. The Morgan fingerprint density at radius 1 is 0.848 bits per heavy atom. The summed E-state index contributed by atoms with van der Waals surface area (Å²) >= 11 is 0. The lowest BCUT2D eigenvalue weighted by atomic mass is 9.49. The van der Waals surface area contributed by atoms with Gasteiger partial charge in [0.1, 0.15) is 17.2 Å². The van der Waals surface area contributed by atoms with Gasteiger partial charge in [-0.15, -0.1) is 0 Å². The number of nitrogens with one attached hydrogen (secondary N) is 2. The first-order valence-electron chi connectivity index (χ1n) is 12.3. The van der Waals surface area contributed by atoms with E-state index in [1.807, 2.05) is 30.3 Å². The maximum Gasteiger partial charge on any atom is 0.270 e. The molecule has 7 nitrogen and oxygen atoms in total. The van der Waals surface area contributed by atoms with Gasteiger partial charge in [0.05, 0.1) is 0 Å². The van der Waals surface area contributed by atoms with Crippen molar-refractivity contribution in [1.29, 1.82) is 0 Å². The molecule has 1 aliphatic heterocycles. The summed E-state index contributed by atoms with van der Waals surface area (Å²) in [4.78, 5) is 37.5. The van der Waals surface area contributed by atoms with E-state index < -0.39 is 0 Å². The molecule has 3 heterocycles. The average Bonchev–Trinajstić information content (AvgIpc) is 3.33. The van der Waals surface area contributed by atoms with Crippen molar-refractivity contribution in [2.75, 3.05) is 18.0 Å². The number of aromatic nitrogens is 2. The second-order valence-corrected chi connectivity index (χ2v) is 10.7. The number of anilines is 1. The van der Waals surface area contributed by atoms with E-state index in [-0.39, 0.29) is 22.9 Å². The molecule has 2 N–H and O–H groups in total. The number of carbonyl (C=O) groups excluding carboxylic acids is 2. The van der Waals surface area contributed by atoms with Gasteiger partial charge in [0, 0.05) is 30.4 Å². The van der Waals surface area contributed by atoms with Crippen molar-refractivity contribution in [2.24, 2.45) is 11.8 Å². The van der Waals surface area contributed by atoms with Crippen LogP contribution in [0.4, 0.5) is 5.82 Å². The Morgan fingerprint density at radius 3 is 2.12 bits per heavy atom. The van der Waals surface area contributed by atoms with E-state index in [1.54, 1.807) is 12.3 Å². The van der Waals surface area contributed by atoms with Gasteiger partial charge in [0.2, 0.25) is 0 Å². The van der Waals surface area contributed by atoms with Crippen molar-refractivity contribution in [3.8, 4) is 0 Å². The van der Waals surface area contributed by atoms with Crippen LogP contribution in [-0.4, -0.2) is 45.9 Å². The summed E-state index contributed by atoms with van der Waals surface area (Å²) in [5.74, 6) is 1.74. The highest BCUT2D eigenvalue weighted by molar-refractivity contribution is 5.94. The minimum atomic E-state index is -0.274. The lowest BCUT2D eigenvalue weighted by Crippen LogP contribution is -2.69. The molecule has 0 spiro atoms. The Kier molecular flexibility index (Phi) is 4.89. The Labute approximate surface area is 194 Å². The number of pyridine rings is 2. The summed E-state index contributed by atoms with van der Waals surface area (Å²) in [6, 6.07) is 11.2. The summed E-state index contributed by atoms with van der Waals surface area (Å²) < 4.78 is 0. The van der Waals surface area contributed by atoms with Gasteiger partial charge in [-0.1, -0.05) is 12.1 Å². The smallest absolute Gasteiger partial charge is 0.270 e. The molecule has 7 heteroatoms. The van der Waals surface area contributed by atoms with Gasteiger partial charge >= 0.3 is 0 Å². The third kappa shape index (κ3) is 3.87. The fourth-order valence-corrected chi connectivity index (χ4v) is 7.33. The van der Waals surface area contributed by atoms with Crippen molar-refractivity contribution >= 4 is 17.6 Å². The van der Waals surface area contributed by atoms with Gasteiger partial charge in [-0.2, -0.15) is 0 Å². The minimum absolute atomic E-state index is 0.0933. The molecule has 172 valence electrons. The van der Waals surface area contributed by atoms with Crippen LogP contribution in [0.15, 0.2) is 42.6 Å². The second kappa shape index (κ2) is 7.82. The molecule has 4 aliphatic carbocycles. The van der Waals surface area contributed by atoms with Gasteiger partial charge in [0.25, 0.3) is 11.8 Å². The molecule has 2 atom stereocenters. The number of nitrogens with zero attached hydrogens (tertiary/aromatic N) is 3. The van der Waals surface area contributed by atoms with Gasteiger partial charge < -0.3 is 15.5 Å². The molecule has 4 bridgehead atoms. The highest BCUT2D eigenvalue weighted by Crippen LogP contribution is 2.57. The monoisotopic (exact) mass is 445 g/mol. The molecule has 33 heavy (non-hydrogen) atoms. The van der Waals surface area contributed by atoms with Crippen LogP contribution in [0.3, 0.4) is 0 Å². The van der Waals surface area contributed by atoms with E-state index >= 15 is 0 Å². The molecule has 0 radical (unpaired) electrons. The molecule has 2 aromatic heterocycles. The van der Waals surface area contributed by atoms with Crippen LogP contribution >= 0.6 is 0 Å². The molecule has 4 saturated carbocycles. The molecule has 2 amide bonds. The van der Waals surface area contributed by atoms with Gasteiger partial charge in [-0.05, 0) is 87.5 Å². The van der Waals surface area contributed by atoms with Crippen molar-refractivity contribution in [3.63, 3.8) is 0 Å². The maximum absolute atomic E-state index is 13.4. The van der Waals surface area contributed by atoms with Crippen LogP contribution < -0.4 is 15.5 Å². The van der Waals surface area contributed by atoms with Crippen LogP contribution in [0, 0.1) is 11.8 Å². The van der Waals surface area contributed by atoms with E-state index in [1.165, 1.54) is 19.3 Å². The normalized spacial score (nSPS) is 32.1. The molecule has 2 aromatic rings. The van der Waals surface area contributed by atoms with Crippen molar-refractivity contribution in [1.82, 2.24) is 20.6 Å². The standard InChI is InChI=1S/C26H31N5O2/c32-23(20-6-1-2-9-27-20)29-25-13-18-12-19(14-25)16-26(15-18,17-25)30-24(33)21-7-5-8-22(28-21)31-10-3-4-11-31/h1-2,5-9,18-19H,3-4,10-17H2,(H,29,32)(H,30,33). The molecular formula is C26H31N5O2. The zero-order valence-corrected chi connectivity index (χ0v) is 18.9. The molecule has 5 aliphatic rings. The quantitative estimate of drug-likeness (QED) is 0.737. The van der Waals surface area contributed by atoms with Gasteiger partial charge in [-0.25, -0.2) is 4.98 Å². The zero-order valence-electron chi connectivity index (χ0n) is 18.9. The summed E-state index contributed by atoms with van der Waals surface area (Å²) in [6.07, 6.45) is 9.94. The number of carbonyl (C=O) groups is 2. The molecule has 7 rings (SSSR count). The lowest BCUT2D eigenvalue weighted by Gasteiger charge is -2.62. The third-order valence-electron chi connectivity index (χ3n) is 8.11. The second-order valence-electron chi connectivity index (χ2n) is 10.7. The van der Waals surface area contributed by atoms with Gasteiger partial charge in [-0.3, -0.25) is 14.6 Å². The van der Waals surface area contributed by atoms with E-state index in [9.17, 15) is 9.59 Å². The predicted octanol–water partition coefficient (Wildman–Crippen LogP) is 3.33. The predicted molar refractivity (Wildman–Crippen MR) is 125 cm³/mol. The SMILES string of the molecule is O=C(NC12CC3CC(C1)CC(NC(=O)c1cccc(N4CCCC4)n1)(C3)C2)c1ccccn1. The molecule has 2 unspecified atom stereocenters. The Hall–Kier alpha value is -2.96. The Morgan fingerprint density at radius 2 is 1.48 bits per heavy atom. The highest BCUT2D eigenvalue weighted by Gasteiger charge is 2.58. The van der Waals surface area contributed by atoms with E-state index in [0.29, 0.717) is 23.2 Å². The first-order valence-corrected chi connectivity index (χ1v) is 12.3. The molecule has 1 saturated heterocycles. The van der Waals surface area contributed by atoms with Crippen molar-refractivity contribution in [3.05, 3.63) is 54.0 Å². The van der Waals surface area contributed by atoms with Crippen LogP contribution in [0.2, 0.25) is 0 Å².